The van der Waals surface area contributed by atoms with Crippen LogP contribution in [-0.4, -0.2) is 28.2 Å². The van der Waals surface area contributed by atoms with Gasteiger partial charge in [0.05, 0.1) is 19.6 Å². The van der Waals surface area contributed by atoms with Crippen LogP contribution >= 0.6 is 12.2 Å². The second-order valence-corrected chi connectivity index (χ2v) is 4.54. The molecule has 106 valence electrons. The van der Waals surface area contributed by atoms with Gasteiger partial charge in [-0.05, 0) is 48.6 Å². The molecule has 0 atom stereocenters. The van der Waals surface area contributed by atoms with Crippen molar-refractivity contribution in [1.82, 2.24) is 14.9 Å². The van der Waals surface area contributed by atoms with Crippen molar-refractivity contribution < 1.29 is 9.15 Å². The second-order valence-electron chi connectivity index (χ2n) is 4.15. The third-order valence-corrected chi connectivity index (χ3v) is 3.11. The molecule has 0 fully saturated rings. The molecule has 0 aliphatic carbocycles. The Morgan fingerprint density at radius 2 is 2.14 bits per heavy atom. The van der Waals surface area contributed by atoms with Gasteiger partial charge in [0.15, 0.2) is 5.82 Å². The third kappa shape index (κ3) is 2.77. The predicted molar refractivity (Wildman–Crippen MR) is 81.1 cm³/mol. The van der Waals surface area contributed by atoms with Crippen molar-refractivity contribution >= 4 is 18.4 Å². The number of nitrogens with zero attached hydrogens (tertiary/aromatic N) is 3. The fourth-order valence-corrected chi connectivity index (χ4v) is 1.98. The standard InChI is InChI=1S/C14H12N4O2S/c1-19-11-6-4-10(5-7-11)13-16-17-14(21)18(13)15-9-12-3-2-8-20-12/h2-9H,1H3,(H,17,21)/b15-9-. The topological polar surface area (TPSA) is 68.3 Å². The van der Waals surface area contributed by atoms with Crippen LogP contribution in [-0.2, 0) is 0 Å². The van der Waals surface area contributed by atoms with Crippen LogP contribution in [0.15, 0.2) is 52.2 Å². The molecule has 2 aromatic heterocycles. The zero-order valence-electron chi connectivity index (χ0n) is 11.2. The molecule has 0 radical (unpaired) electrons. The lowest BCUT2D eigenvalue weighted by Gasteiger charge is -2.02. The Morgan fingerprint density at radius 1 is 1.33 bits per heavy atom. The number of benzene rings is 1. The number of aromatic nitrogens is 3. The summed E-state index contributed by atoms with van der Waals surface area (Å²) in [6.45, 7) is 0. The lowest BCUT2D eigenvalue weighted by atomic mass is 10.2. The Bertz CT molecular complexity index is 800. The lowest BCUT2D eigenvalue weighted by molar-refractivity contribution is 0.415. The molecule has 0 aliphatic heterocycles. The normalized spacial score (nSPS) is 11.1. The van der Waals surface area contributed by atoms with Crippen molar-refractivity contribution in [2.45, 2.75) is 0 Å². The number of H-pyrrole nitrogens is 1. The summed E-state index contributed by atoms with van der Waals surface area (Å²) in [7, 11) is 1.62. The number of rotatable bonds is 4. The van der Waals surface area contributed by atoms with E-state index in [0.717, 1.165) is 11.3 Å². The van der Waals surface area contributed by atoms with Gasteiger partial charge in [0.25, 0.3) is 0 Å². The molecule has 1 N–H and O–H groups in total. The number of aromatic amines is 1. The maximum atomic E-state index is 5.20. The number of furan rings is 1. The van der Waals surface area contributed by atoms with Crippen molar-refractivity contribution in [2.24, 2.45) is 5.10 Å². The van der Waals surface area contributed by atoms with Crippen LogP contribution in [0, 0.1) is 4.77 Å². The fourth-order valence-electron chi connectivity index (χ4n) is 1.81. The summed E-state index contributed by atoms with van der Waals surface area (Å²) in [6.07, 6.45) is 3.17. The number of methoxy groups -OCH3 is 1. The molecule has 0 unspecified atom stereocenters. The lowest BCUT2D eigenvalue weighted by Crippen LogP contribution is -1.94. The minimum Gasteiger partial charge on any atom is -0.497 e. The van der Waals surface area contributed by atoms with Crippen LogP contribution < -0.4 is 4.74 Å². The van der Waals surface area contributed by atoms with E-state index in [2.05, 4.69) is 15.3 Å². The Kier molecular flexibility index (Phi) is 3.65. The molecular weight excluding hydrogens is 288 g/mol. The van der Waals surface area contributed by atoms with Crippen molar-refractivity contribution in [2.75, 3.05) is 7.11 Å². The largest absolute Gasteiger partial charge is 0.497 e. The van der Waals surface area contributed by atoms with E-state index < -0.39 is 0 Å². The van der Waals surface area contributed by atoms with E-state index in [9.17, 15) is 0 Å². The minimum absolute atomic E-state index is 0.406. The summed E-state index contributed by atoms with van der Waals surface area (Å²) in [5, 5.41) is 11.2. The third-order valence-electron chi connectivity index (χ3n) is 2.84. The van der Waals surface area contributed by atoms with Gasteiger partial charge in [0.2, 0.25) is 4.77 Å². The monoisotopic (exact) mass is 300 g/mol. The molecule has 3 rings (SSSR count). The Hall–Kier alpha value is -2.67. The summed E-state index contributed by atoms with van der Waals surface area (Å²) >= 11 is 5.19. The molecule has 1 aromatic carbocycles. The first-order valence-electron chi connectivity index (χ1n) is 6.17. The average molecular weight is 300 g/mol. The zero-order valence-corrected chi connectivity index (χ0v) is 12.0. The second kappa shape index (κ2) is 5.76. The summed E-state index contributed by atoms with van der Waals surface area (Å²) in [6, 6.07) is 11.1. The van der Waals surface area contributed by atoms with Gasteiger partial charge >= 0.3 is 0 Å². The molecule has 6 nitrogen and oxygen atoms in total. The first-order chi connectivity index (χ1) is 10.3. The zero-order chi connectivity index (χ0) is 14.7. The molecular formula is C14H12N4O2S. The SMILES string of the molecule is COc1ccc(-c2n[nH]c(=S)n2/N=C\c2ccco2)cc1. The number of hydrogen-bond donors (Lipinski definition) is 1. The van der Waals surface area contributed by atoms with Gasteiger partial charge in [-0.1, -0.05) is 0 Å². The Morgan fingerprint density at radius 3 is 2.81 bits per heavy atom. The highest BCUT2D eigenvalue weighted by atomic mass is 32.1. The first kappa shape index (κ1) is 13.3. The maximum absolute atomic E-state index is 5.20. The molecule has 0 aliphatic rings. The molecule has 0 saturated heterocycles. The molecule has 0 spiro atoms. The molecule has 21 heavy (non-hydrogen) atoms. The summed E-state index contributed by atoms with van der Waals surface area (Å²) < 4.78 is 12.3. The molecule has 0 amide bonds. The van der Waals surface area contributed by atoms with Gasteiger partial charge < -0.3 is 9.15 Å². The van der Waals surface area contributed by atoms with E-state index in [0.29, 0.717) is 16.4 Å². The highest BCUT2D eigenvalue weighted by molar-refractivity contribution is 7.71. The minimum atomic E-state index is 0.406. The Labute approximate surface area is 125 Å². The van der Waals surface area contributed by atoms with E-state index in [4.69, 9.17) is 21.4 Å². The van der Waals surface area contributed by atoms with Gasteiger partial charge in [0, 0.05) is 5.56 Å². The van der Waals surface area contributed by atoms with E-state index in [1.165, 1.54) is 0 Å². The highest BCUT2D eigenvalue weighted by Gasteiger charge is 2.08. The van der Waals surface area contributed by atoms with Crippen LogP contribution in [0.3, 0.4) is 0 Å². The van der Waals surface area contributed by atoms with Gasteiger partial charge in [-0.25, -0.2) is 5.10 Å². The summed E-state index contributed by atoms with van der Waals surface area (Å²) in [5.41, 5.74) is 0.875. The quantitative estimate of drug-likeness (QED) is 0.594. The number of nitrogens with one attached hydrogen (secondary N) is 1. The van der Waals surface area contributed by atoms with E-state index in [1.54, 1.807) is 36.4 Å². The Balaban J connectivity index is 1.98. The molecule has 0 saturated carbocycles. The van der Waals surface area contributed by atoms with Gasteiger partial charge in [0.1, 0.15) is 11.5 Å². The molecule has 0 bridgehead atoms. The molecule has 3 aromatic rings. The van der Waals surface area contributed by atoms with Crippen LogP contribution in [0.5, 0.6) is 5.75 Å². The van der Waals surface area contributed by atoms with Crippen molar-refractivity contribution in [3.05, 3.63) is 53.2 Å². The summed E-state index contributed by atoms with van der Waals surface area (Å²) in [4.78, 5) is 0. The first-order valence-corrected chi connectivity index (χ1v) is 6.58. The number of ether oxygens (including phenoxy) is 1. The van der Waals surface area contributed by atoms with Crippen molar-refractivity contribution in [3.8, 4) is 17.1 Å². The number of hydrogen-bond acceptors (Lipinski definition) is 5. The molecule has 7 heteroatoms. The summed E-state index contributed by atoms with van der Waals surface area (Å²) in [5.74, 6) is 2.03. The van der Waals surface area contributed by atoms with Crippen LogP contribution in [0.4, 0.5) is 0 Å². The van der Waals surface area contributed by atoms with Crippen molar-refractivity contribution in [1.29, 1.82) is 0 Å². The van der Waals surface area contributed by atoms with Crippen LogP contribution in [0.25, 0.3) is 11.4 Å². The molecule has 2 heterocycles. The fraction of sp³-hybridized carbons (Fsp3) is 0.0714. The predicted octanol–water partition coefficient (Wildman–Crippen LogP) is 3.09. The van der Waals surface area contributed by atoms with Gasteiger partial charge in [-0.3, -0.25) is 0 Å². The average Bonchev–Trinajstić information content (AvgIpc) is 3.15. The van der Waals surface area contributed by atoms with Crippen molar-refractivity contribution in [3.63, 3.8) is 0 Å². The van der Waals surface area contributed by atoms with Crippen LogP contribution in [0.1, 0.15) is 5.76 Å². The highest BCUT2D eigenvalue weighted by Crippen LogP contribution is 2.20. The van der Waals surface area contributed by atoms with E-state index >= 15 is 0 Å². The smallest absolute Gasteiger partial charge is 0.216 e. The van der Waals surface area contributed by atoms with E-state index in [-0.39, 0.29) is 0 Å². The van der Waals surface area contributed by atoms with Gasteiger partial charge in [-0.2, -0.15) is 14.9 Å². The van der Waals surface area contributed by atoms with E-state index in [1.807, 2.05) is 24.3 Å². The van der Waals surface area contributed by atoms with Crippen LogP contribution in [0.2, 0.25) is 0 Å². The maximum Gasteiger partial charge on any atom is 0.216 e. The van der Waals surface area contributed by atoms with Gasteiger partial charge in [-0.15, -0.1) is 0 Å².